The maximum absolute atomic E-state index is 10.5. The number of hydrogen-bond acceptors (Lipinski definition) is 5. The molecule has 0 unspecified atom stereocenters. The smallest absolute Gasteiger partial charge is 0.269 e. The van der Waals surface area contributed by atoms with E-state index in [1.165, 1.54) is 18.3 Å². The van der Waals surface area contributed by atoms with Gasteiger partial charge in [0.1, 0.15) is 5.82 Å². The minimum Gasteiger partial charge on any atom is -0.340 e. The molecule has 90 valence electrons. The Balaban J connectivity index is 2.23. The van der Waals surface area contributed by atoms with Crippen LogP contribution in [0.1, 0.15) is 5.56 Å². The Bertz CT molecular complexity index is 581. The SMILES string of the molecule is N=Cc1cccnc1Nc1ccc([N+](=O)[O-])cc1. The number of rotatable bonds is 4. The Morgan fingerprint density at radius 1 is 1.28 bits per heavy atom. The first-order chi connectivity index (χ1) is 8.70. The molecule has 6 nitrogen and oxygen atoms in total. The number of benzene rings is 1. The number of anilines is 2. The lowest BCUT2D eigenvalue weighted by atomic mass is 10.2. The summed E-state index contributed by atoms with van der Waals surface area (Å²) in [6, 6.07) is 9.51. The highest BCUT2D eigenvalue weighted by molar-refractivity contribution is 5.85. The summed E-state index contributed by atoms with van der Waals surface area (Å²) in [5.74, 6) is 0.543. The lowest BCUT2D eigenvalue weighted by Gasteiger charge is -2.07. The summed E-state index contributed by atoms with van der Waals surface area (Å²) in [6.45, 7) is 0. The zero-order valence-corrected chi connectivity index (χ0v) is 9.33. The molecule has 0 amide bonds. The summed E-state index contributed by atoms with van der Waals surface area (Å²) in [5, 5.41) is 20.8. The molecule has 18 heavy (non-hydrogen) atoms. The van der Waals surface area contributed by atoms with Gasteiger partial charge in [0.2, 0.25) is 0 Å². The van der Waals surface area contributed by atoms with Gasteiger partial charge in [0.25, 0.3) is 5.69 Å². The molecule has 0 saturated carbocycles. The van der Waals surface area contributed by atoms with Gasteiger partial charge in [-0.15, -0.1) is 0 Å². The lowest BCUT2D eigenvalue weighted by Crippen LogP contribution is -1.98. The Morgan fingerprint density at radius 2 is 2.00 bits per heavy atom. The van der Waals surface area contributed by atoms with E-state index < -0.39 is 4.92 Å². The third kappa shape index (κ3) is 2.49. The third-order valence-corrected chi connectivity index (χ3v) is 2.34. The molecule has 0 aliphatic rings. The number of nitrogens with zero attached hydrogens (tertiary/aromatic N) is 2. The molecule has 2 rings (SSSR count). The minimum absolute atomic E-state index is 0.0360. The van der Waals surface area contributed by atoms with Crippen LogP contribution in [0.25, 0.3) is 0 Å². The average Bonchev–Trinajstić information content (AvgIpc) is 2.40. The van der Waals surface area contributed by atoms with E-state index >= 15 is 0 Å². The van der Waals surface area contributed by atoms with Gasteiger partial charge in [-0.2, -0.15) is 0 Å². The van der Waals surface area contributed by atoms with E-state index in [-0.39, 0.29) is 5.69 Å². The zero-order valence-electron chi connectivity index (χ0n) is 9.33. The van der Waals surface area contributed by atoms with Crippen molar-refractivity contribution in [3.63, 3.8) is 0 Å². The molecule has 0 aliphatic carbocycles. The Morgan fingerprint density at radius 3 is 2.61 bits per heavy atom. The molecular weight excluding hydrogens is 232 g/mol. The second-order valence-electron chi connectivity index (χ2n) is 3.51. The van der Waals surface area contributed by atoms with Crippen LogP contribution >= 0.6 is 0 Å². The van der Waals surface area contributed by atoms with Gasteiger partial charge in [-0.1, -0.05) is 0 Å². The fraction of sp³-hybridized carbons (Fsp3) is 0. The molecule has 0 radical (unpaired) electrons. The van der Waals surface area contributed by atoms with Crippen LogP contribution in [0, 0.1) is 15.5 Å². The number of pyridine rings is 1. The molecule has 0 atom stereocenters. The molecule has 0 fully saturated rings. The maximum Gasteiger partial charge on any atom is 0.269 e. The monoisotopic (exact) mass is 242 g/mol. The van der Waals surface area contributed by atoms with Gasteiger partial charge in [0.15, 0.2) is 0 Å². The molecule has 1 aromatic carbocycles. The molecular formula is C12H10N4O2. The van der Waals surface area contributed by atoms with E-state index in [1.807, 2.05) is 0 Å². The van der Waals surface area contributed by atoms with Gasteiger partial charge in [0.05, 0.1) is 4.92 Å². The van der Waals surface area contributed by atoms with Crippen LogP contribution in [0.5, 0.6) is 0 Å². The van der Waals surface area contributed by atoms with Crippen LogP contribution in [-0.2, 0) is 0 Å². The highest BCUT2D eigenvalue weighted by atomic mass is 16.6. The van der Waals surface area contributed by atoms with Crippen molar-refractivity contribution in [3.8, 4) is 0 Å². The molecule has 0 spiro atoms. The van der Waals surface area contributed by atoms with Crippen LogP contribution in [0.2, 0.25) is 0 Å². The molecule has 0 aliphatic heterocycles. The fourth-order valence-corrected chi connectivity index (χ4v) is 1.44. The molecule has 0 saturated heterocycles. The molecule has 1 heterocycles. The van der Waals surface area contributed by atoms with E-state index in [0.29, 0.717) is 17.1 Å². The van der Waals surface area contributed by atoms with Crippen molar-refractivity contribution in [2.24, 2.45) is 0 Å². The zero-order chi connectivity index (χ0) is 13.0. The number of nitro benzene ring substituents is 1. The molecule has 6 heteroatoms. The quantitative estimate of drug-likeness (QED) is 0.489. The number of non-ortho nitro benzene ring substituents is 1. The third-order valence-electron chi connectivity index (χ3n) is 2.34. The summed E-state index contributed by atoms with van der Waals surface area (Å²) in [7, 11) is 0. The number of nitrogens with one attached hydrogen (secondary N) is 2. The predicted molar refractivity (Wildman–Crippen MR) is 68.5 cm³/mol. The normalized spacial score (nSPS) is 9.78. The van der Waals surface area contributed by atoms with Crippen LogP contribution in [0.4, 0.5) is 17.2 Å². The lowest BCUT2D eigenvalue weighted by molar-refractivity contribution is -0.384. The van der Waals surface area contributed by atoms with Crippen molar-refractivity contribution < 1.29 is 4.92 Å². The topological polar surface area (TPSA) is 91.9 Å². The second-order valence-corrected chi connectivity index (χ2v) is 3.51. The van der Waals surface area contributed by atoms with E-state index in [4.69, 9.17) is 5.41 Å². The highest BCUT2D eigenvalue weighted by Crippen LogP contribution is 2.20. The molecule has 2 aromatic rings. The van der Waals surface area contributed by atoms with Crippen LogP contribution in [0.3, 0.4) is 0 Å². The number of nitro groups is 1. The minimum atomic E-state index is -0.451. The first kappa shape index (κ1) is 11.7. The summed E-state index contributed by atoms with van der Waals surface area (Å²) in [6.07, 6.45) is 2.81. The van der Waals surface area contributed by atoms with Crippen molar-refractivity contribution in [2.75, 3.05) is 5.32 Å². The van der Waals surface area contributed by atoms with Crippen molar-refractivity contribution in [1.82, 2.24) is 4.98 Å². The molecule has 0 bridgehead atoms. The predicted octanol–water partition coefficient (Wildman–Crippen LogP) is 2.73. The first-order valence-corrected chi connectivity index (χ1v) is 5.17. The van der Waals surface area contributed by atoms with E-state index in [1.54, 1.807) is 30.5 Å². The van der Waals surface area contributed by atoms with Crippen LogP contribution in [0.15, 0.2) is 42.6 Å². The van der Waals surface area contributed by atoms with Crippen LogP contribution < -0.4 is 5.32 Å². The summed E-state index contributed by atoms with van der Waals surface area (Å²) in [5.41, 5.74) is 1.37. The summed E-state index contributed by atoms with van der Waals surface area (Å²) < 4.78 is 0. The maximum atomic E-state index is 10.5. The van der Waals surface area contributed by atoms with E-state index in [2.05, 4.69) is 10.3 Å². The number of hydrogen-bond donors (Lipinski definition) is 2. The Hall–Kier alpha value is -2.76. The van der Waals surface area contributed by atoms with E-state index in [0.717, 1.165) is 0 Å². The fourth-order valence-electron chi connectivity index (χ4n) is 1.44. The van der Waals surface area contributed by atoms with E-state index in [9.17, 15) is 10.1 Å². The van der Waals surface area contributed by atoms with Crippen molar-refractivity contribution in [3.05, 3.63) is 58.3 Å². The Kier molecular flexibility index (Phi) is 3.29. The standard InChI is InChI=1S/C12H10N4O2/c13-8-9-2-1-7-14-12(9)15-10-3-5-11(6-4-10)16(17)18/h1-8,13H,(H,14,15). The second kappa shape index (κ2) is 5.05. The van der Waals surface area contributed by atoms with Crippen molar-refractivity contribution in [2.45, 2.75) is 0 Å². The van der Waals surface area contributed by atoms with Crippen molar-refractivity contribution in [1.29, 1.82) is 5.41 Å². The van der Waals surface area contributed by atoms with Gasteiger partial charge in [-0.25, -0.2) is 4.98 Å². The van der Waals surface area contributed by atoms with Gasteiger partial charge < -0.3 is 10.7 Å². The summed E-state index contributed by atoms with van der Waals surface area (Å²) >= 11 is 0. The van der Waals surface area contributed by atoms with Gasteiger partial charge in [-0.3, -0.25) is 10.1 Å². The van der Waals surface area contributed by atoms with Gasteiger partial charge in [0, 0.05) is 35.8 Å². The van der Waals surface area contributed by atoms with Crippen LogP contribution in [-0.4, -0.2) is 16.1 Å². The average molecular weight is 242 g/mol. The Labute approximate surface area is 103 Å². The number of aromatic nitrogens is 1. The first-order valence-electron chi connectivity index (χ1n) is 5.17. The summed E-state index contributed by atoms with van der Waals surface area (Å²) in [4.78, 5) is 14.2. The van der Waals surface area contributed by atoms with Gasteiger partial charge >= 0.3 is 0 Å². The molecule has 2 N–H and O–H groups in total. The van der Waals surface area contributed by atoms with Gasteiger partial charge in [-0.05, 0) is 24.3 Å². The highest BCUT2D eigenvalue weighted by Gasteiger charge is 2.05. The molecule has 1 aromatic heterocycles. The largest absolute Gasteiger partial charge is 0.340 e. The van der Waals surface area contributed by atoms with Crippen molar-refractivity contribution >= 4 is 23.4 Å².